The Morgan fingerprint density at radius 1 is 0.760 bits per heavy atom. The monoisotopic (exact) mass is 360 g/mol. The minimum atomic E-state index is -4.85. The molecule has 1 aromatic rings. The van der Waals surface area contributed by atoms with Gasteiger partial charge in [-0.3, -0.25) is 0 Å². The van der Waals surface area contributed by atoms with Crippen LogP contribution in [-0.2, 0) is 12.4 Å². The number of halogens is 6. The minimum Gasteiger partial charge on any atom is -0.166 e. The van der Waals surface area contributed by atoms with Gasteiger partial charge in [0.25, 0.3) is 0 Å². The number of hydrogen-bond donors (Lipinski definition) is 0. The zero-order chi connectivity index (χ0) is 19.2. The highest BCUT2D eigenvalue weighted by atomic mass is 19.4. The molecule has 0 heterocycles. The average Bonchev–Trinajstić information content (AvgIpc) is 2.94. The minimum absolute atomic E-state index is 0.0896. The molecule has 0 aliphatic heterocycles. The van der Waals surface area contributed by atoms with E-state index < -0.39 is 23.5 Å². The largest absolute Gasteiger partial charge is 0.416 e. The van der Waals surface area contributed by atoms with Gasteiger partial charge in [-0.2, -0.15) is 26.3 Å². The molecule has 0 N–H and O–H groups in total. The highest BCUT2D eigenvalue weighted by Crippen LogP contribution is 2.39. The normalized spacial score (nSPS) is 17.8. The van der Waals surface area contributed by atoms with E-state index in [2.05, 4.69) is 0 Å². The second-order valence-electron chi connectivity index (χ2n) is 7.06. The van der Waals surface area contributed by atoms with Gasteiger partial charge in [-0.1, -0.05) is 39.0 Å². The fourth-order valence-electron chi connectivity index (χ4n) is 2.48. The Morgan fingerprint density at radius 2 is 1.24 bits per heavy atom. The second-order valence-corrected chi connectivity index (χ2v) is 7.06. The molecule has 2 rings (SSSR count). The van der Waals surface area contributed by atoms with Gasteiger partial charge < -0.3 is 0 Å². The lowest BCUT2D eigenvalue weighted by Crippen LogP contribution is -2.11. The van der Waals surface area contributed by atoms with Gasteiger partial charge in [0.2, 0.25) is 0 Å². The van der Waals surface area contributed by atoms with Crippen molar-refractivity contribution in [1.29, 1.82) is 0 Å². The highest BCUT2D eigenvalue weighted by Gasteiger charge is 2.37. The van der Waals surface area contributed by atoms with Crippen LogP contribution >= 0.6 is 0 Å². The summed E-state index contributed by atoms with van der Waals surface area (Å²) in [6.45, 7) is 7.46. The molecule has 0 saturated heterocycles. The summed E-state index contributed by atoms with van der Waals surface area (Å²) in [5, 5.41) is 0. The molecule has 0 amide bonds. The molecule has 1 aromatic carbocycles. The van der Waals surface area contributed by atoms with E-state index in [1.54, 1.807) is 12.2 Å². The molecular weight excluding hydrogens is 342 g/mol. The van der Waals surface area contributed by atoms with Crippen molar-refractivity contribution in [3.8, 4) is 0 Å². The van der Waals surface area contributed by atoms with E-state index in [0.717, 1.165) is 17.7 Å². The van der Waals surface area contributed by atoms with Crippen molar-refractivity contribution in [2.24, 2.45) is 5.41 Å². The van der Waals surface area contributed by atoms with Crippen molar-refractivity contribution >= 4 is 5.57 Å². The van der Waals surface area contributed by atoms with Crippen LogP contribution in [0.25, 0.3) is 5.57 Å². The van der Waals surface area contributed by atoms with Crippen molar-refractivity contribution in [1.82, 2.24) is 0 Å². The van der Waals surface area contributed by atoms with Crippen LogP contribution in [0.4, 0.5) is 26.3 Å². The Bertz CT molecular complexity index is 732. The maximum absolute atomic E-state index is 13.0. The fraction of sp³-hybridized carbons (Fsp3) is 0.368. The Morgan fingerprint density at radius 3 is 1.60 bits per heavy atom. The maximum atomic E-state index is 13.0. The van der Waals surface area contributed by atoms with Crippen molar-refractivity contribution in [3.63, 3.8) is 0 Å². The molecule has 0 nitrogen and oxygen atoms in total. The summed E-state index contributed by atoms with van der Waals surface area (Å²) in [6, 6.07) is 1.66. The van der Waals surface area contributed by atoms with E-state index in [4.69, 9.17) is 0 Å². The summed E-state index contributed by atoms with van der Waals surface area (Å²) < 4.78 is 77.9. The number of alkyl halides is 6. The summed E-state index contributed by atoms with van der Waals surface area (Å²) in [6.07, 6.45) is -4.36. The van der Waals surface area contributed by atoms with Crippen molar-refractivity contribution in [3.05, 3.63) is 64.3 Å². The molecule has 0 aromatic heterocycles. The van der Waals surface area contributed by atoms with Crippen LogP contribution in [0.1, 0.15) is 44.4 Å². The lowest BCUT2D eigenvalue weighted by Gasteiger charge is -2.18. The lowest BCUT2D eigenvalue weighted by molar-refractivity contribution is -0.143. The molecule has 0 saturated carbocycles. The first-order valence-corrected chi connectivity index (χ1v) is 7.60. The van der Waals surface area contributed by atoms with E-state index in [9.17, 15) is 26.3 Å². The van der Waals surface area contributed by atoms with Gasteiger partial charge in [-0.25, -0.2) is 0 Å². The number of benzene rings is 1. The Kier molecular flexibility index (Phi) is 4.70. The van der Waals surface area contributed by atoms with Crippen LogP contribution in [0.5, 0.6) is 0 Å². The molecular formula is C19H18F6. The SMILES string of the molecule is C/C(=C1/C=CC(C(C)(C)C)=C1)c1cc(C(F)(F)F)cc(C(F)(F)F)c1. The van der Waals surface area contributed by atoms with Crippen molar-refractivity contribution in [2.75, 3.05) is 0 Å². The van der Waals surface area contributed by atoms with Gasteiger partial charge in [-0.05, 0) is 52.8 Å². The summed E-state index contributed by atoms with van der Waals surface area (Å²) >= 11 is 0. The van der Waals surface area contributed by atoms with Gasteiger partial charge in [0.1, 0.15) is 0 Å². The van der Waals surface area contributed by atoms with Crippen LogP contribution in [-0.4, -0.2) is 0 Å². The Labute approximate surface area is 142 Å². The zero-order valence-corrected chi connectivity index (χ0v) is 14.2. The summed E-state index contributed by atoms with van der Waals surface area (Å²) in [4.78, 5) is 0. The predicted molar refractivity (Wildman–Crippen MR) is 85.7 cm³/mol. The van der Waals surface area contributed by atoms with Crippen LogP contribution < -0.4 is 0 Å². The summed E-state index contributed by atoms with van der Waals surface area (Å²) in [5.41, 5.74) is -0.926. The number of rotatable bonds is 1. The van der Waals surface area contributed by atoms with Crippen molar-refractivity contribution in [2.45, 2.75) is 40.0 Å². The Balaban J connectivity index is 2.62. The van der Waals surface area contributed by atoms with Gasteiger partial charge in [-0.15, -0.1) is 0 Å². The molecule has 0 fully saturated rings. The third-order valence-corrected chi connectivity index (χ3v) is 4.07. The smallest absolute Gasteiger partial charge is 0.166 e. The quantitative estimate of drug-likeness (QED) is 0.471. The predicted octanol–water partition coefficient (Wildman–Crippen LogP) is 7.04. The number of hydrogen-bond acceptors (Lipinski definition) is 0. The maximum Gasteiger partial charge on any atom is 0.416 e. The third kappa shape index (κ3) is 4.35. The first-order valence-electron chi connectivity index (χ1n) is 7.60. The molecule has 0 radical (unpaired) electrons. The van der Waals surface area contributed by atoms with Crippen LogP contribution in [0.15, 0.2) is 47.6 Å². The summed E-state index contributed by atoms with van der Waals surface area (Å²) in [5.74, 6) is 0. The summed E-state index contributed by atoms with van der Waals surface area (Å²) in [7, 11) is 0. The molecule has 0 atom stereocenters. The molecule has 6 heteroatoms. The van der Waals surface area contributed by atoms with E-state index in [-0.39, 0.29) is 17.0 Å². The lowest BCUT2D eigenvalue weighted by atomic mass is 9.87. The van der Waals surface area contributed by atoms with Crippen LogP contribution in [0.2, 0.25) is 0 Å². The highest BCUT2D eigenvalue weighted by molar-refractivity contribution is 5.75. The molecule has 25 heavy (non-hydrogen) atoms. The van der Waals surface area contributed by atoms with Crippen molar-refractivity contribution < 1.29 is 26.3 Å². The van der Waals surface area contributed by atoms with E-state index in [1.807, 2.05) is 26.8 Å². The third-order valence-electron chi connectivity index (χ3n) is 4.07. The van der Waals surface area contributed by atoms with E-state index in [0.29, 0.717) is 11.1 Å². The molecule has 1 aliphatic rings. The molecule has 0 unspecified atom stereocenters. The fourth-order valence-corrected chi connectivity index (χ4v) is 2.48. The first kappa shape index (κ1) is 19.3. The van der Waals surface area contributed by atoms with E-state index in [1.165, 1.54) is 6.92 Å². The Hall–Kier alpha value is -1.98. The zero-order valence-electron chi connectivity index (χ0n) is 14.2. The second kappa shape index (κ2) is 6.07. The molecule has 136 valence electrons. The van der Waals surface area contributed by atoms with Gasteiger partial charge in [0.15, 0.2) is 0 Å². The van der Waals surface area contributed by atoms with Gasteiger partial charge in [0, 0.05) is 0 Å². The van der Waals surface area contributed by atoms with Gasteiger partial charge >= 0.3 is 12.4 Å². The van der Waals surface area contributed by atoms with Crippen LogP contribution in [0, 0.1) is 5.41 Å². The molecule has 0 bridgehead atoms. The molecule has 1 aliphatic carbocycles. The van der Waals surface area contributed by atoms with Crippen LogP contribution in [0.3, 0.4) is 0 Å². The number of allylic oxidation sites excluding steroid dienone is 6. The average molecular weight is 360 g/mol. The first-order chi connectivity index (χ1) is 11.2. The molecule has 0 spiro atoms. The standard InChI is InChI=1S/C19H18F6/c1-11(12-5-6-14(7-12)17(2,3)4)13-8-15(18(20,21)22)10-16(9-13)19(23,24)25/h5-10H,1-4H3/b12-11+. The topological polar surface area (TPSA) is 0 Å². The van der Waals surface area contributed by atoms with Gasteiger partial charge in [0.05, 0.1) is 11.1 Å². The van der Waals surface area contributed by atoms with E-state index >= 15 is 0 Å².